The predicted molar refractivity (Wildman–Crippen MR) is 131 cm³/mol. The van der Waals surface area contributed by atoms with Crippen LogP contribution in [0.15, 0.2) is 47.4 Å². The van der Waals surface area contributed by atoms with Crippen molar-refractivity contribution < 1.29 is 33.8 Å². The average molecular weight is 582 g/mol. The second-order valence-corrected chi connectivity index (χ2v) is 8.80. The summed E-state index contributed by atoms with van der Waals surface area (Å²) < 4.78 is 11.2. The molecular weight excluding hydrogens is 563 g/mol. The van der Waals surface area contributed by atoms with E-state index in [2.05, 4.69) is 5.32 Å². The molecule has 33 heavy (non-hydrogen) atoms. The first-order valence-electron chi connectivity index (χ1n) is 9.69. The van der Waals surface area contributed by atoms with Crippen LogP contribution in [0.2, 0.25) is 0 Å². The van der Waals surface area contributed by atoms with Gasteiger partial charge in [0, 0.05) is 5.69 Å². The van der Waals surface area contributed by atoms with Crippen molar-refractivity contribution >= 4 is 69.1 Å². The lowest BCUT2D eigenvalue weighted by Crippen LogP contribution is -2.36. The zero-order valence-corrected chi connectivity index (χ0v) is 20.3. The number of carboxylic acids is 1. The molecule has 2 N–H and O–H groups in total. The fraction of sp³-hybridized carbons (Fsp3) is 0.182. The number of hydrogen-bond donors (Lipinski definition) is 2. The Balaban J connectivity index is 1.63. The molecule has 0 aliphatic carbocycles. The van der Waals surface area contributed by atoms with Crippen LogP contribution in [0.4, 0.5) is 10.5 Å². The molecule has 0 radical (unpaired) electrons. The molecule has 0 atom stereocenters. The zero-order valence-electron chi connectivity index (χ0n) is 17.4. The van der Waals surface area contributed by atoms with Crippen LogP contribution < -0.4 is 14.8 Å². The van der Waals surface area contributed by atoms with Crippen molar-refractivity contribution in [2.24, 2.45) is 0 Å². The van der Waals surface area contributed by atoms with Crippen molar-refractivity contribution in [3.63, 3.8) is 0 Å². The van der Waals surface area contributed by atoms with Crippen LogP contribution in [0.5, 0.6) is 11.5 Å². The molecule has 9 nitrogen and oxygen atoms in total. The van der Waals surface area contributed by atoms with E-state index in [4.69, 9.17) is 14.6 Å². The third-order valence-corrected chi connectivity index (χ3v) is 5.98. The minimum atomic E-state index is -1.09. The number of amides is 3. The summed E-state index contributed by atoms with van der Waals surface area (Å²) in [5.41, 5.74) is 1.15. The fourth-order valence-electron chi connectivity index (χ4n) is 2.80. The van der Waals surface area contributed by atoms with E-state index in [0.29, 0.717) is 32.9 Å². The SMILES string of the molecule is CCOc1ccc(NC(=O)CN2C(=O)S/C(=C/c3ccc(OCC(=O)O)c(I)c3)C2=O)cc1. The van der Waals surface area contributed by atoms with Crippen molar-refractivity contribution in [3.05, 3.63) is 56.5 Å². The number of carboxylic acid groups (broad SMARTS) is 1. The van der Waals surface area contributed by atoms with E-state index in [1.54, 1.807) is 48.5 Å². The molecule has 0 bridgehead atoms. The van der Waals surface area contributed by atoms with Crippen molar-refractivity contribution in [1.82, 2.24) is 4.90 Å². The number of nitrogens with one attached hydrogen (secondary N) is 1. The minimum Gasteiger partial charge on any atom is -0.494 e. The molecule has 1 fully saturated rings. The summed E-state index contributed by atoms with van der Waals surface area (Å²) in [6.07, 6.45) is 1.54. The number of benzene rings is 2. The van der Waals surface area contributed by atoms with E-state index in [1.807, 2.05) is 29.5 Å². The van der Waals surface area contributed by atoms with Gasteiger partial charge in [0.2, 0.25) is 5.91 Å². The lowest BCUT2D eigenvalue weighted by molar-refractivity contribution is -0.139. The second-order valence-electron chi connectivity index (χ2n) is 6.65. The van der Waals surface area contributed by atoms with Crippen LogP contribution in [-0.4, -0.2) is 52.8 Å². The maximum absolute atomic E-state index is 12.7. The Morgan fingerprint density at radius 1 is 1.15 bits per heavy atom. The van der Waals surface area contributed by atoms with Gasteiger partial charge in [0.15, 0.2) is 6.61 Å². The average Bonchev–Trinajstić information content (AvgIpc) is 3.02. The van der Waals surface area contributed by atoms with Gasteiger partial charge in [-0.2, -0.15) is 0 Å². The molecule has 0 saturated carbocycles. The normalized spacial score (nSPS) is 14.5. The number of anilines is 1. The van der Waals surface area contributed by atoms with Crippen LogP contribution >= 0.6 is 34.4 Å². The summed E-state index contributed by atoms with van der Waals surface area (Å²) in [5, 5.41) is 10.8. The van der Waals surface area contributed by atoms with Gasteiger partial charge in [-0.05, 0) is 89.3 Å². The van der Waals surface area contributed by atoms with Crippen LogP contribution in [0.1, 0.15) is 12.5 Å². The predicted octanol–water partition coefficient (Wildman–Crippen LogP) is 3.83. The summed E-state index contributed by atoms with van der Waals surface area (Å²) >= 11 is 2.74. The monoisotopic (exact) mass is 582 g/mol. The fourth-order valence-corrected chi connectivity index (χ4v) is 4.33. The van der Waals surface area contributed by atoms with Gasteiger partial charge in [-0.1, -0.05) is 6.07 Å². The molecule has 1 aliphatic rings. The number of thioether (sulfide) groups is 1. The third-order valence-electron chi connectivity index (χ3n) is 4.23. The van der Waals surface area contributed by atoms with E-state index >= 15 is 0 Å². The largest absolute Gasteiger partial charge is 0.494 e. The zero-order chi connectivity index (χ0) is 24.0. The molecular formula is C22H19IN2O7S. The Kier molecular flexibility index (Phi) is 8.33. The highest BCUT2D eigenvalue weighted by molar-refractivity contribution is 14.1. The Morgan fingerprint density at radius 2 is 1.88 bits per heavy atom. The quantitative estimate of drug-likeness (QED) is 0.338. The van der Waals surface area contributed by atoms with Crippen LogP contribution in [0.25, 0.3) is 6.08 Å². The first-order chi connectivity index (χ1) is 15.8. The Hall–Kier alpha value is -3.06. The maximum atomic E-state index is 12.7. The number of ether oxygens (including phenoxy) is 2. The minimum absolute atomic E-state index is 0.184. The highest BCUT2D eigenvalue weighted by atomic mass is 127. The molecule has 2 aromatic rings. The Bertz CT molecular complexity index is 1120. The van der Waals surface area contributed by atoms with Crippen molar-refractivity contribution in [3.8, 4) is 11.5 Å². The molecule has 0 aromatic heterocycles. The van der Waals surface area contributed by atoms with E-state index < -0.39 is 36.2 Å². The Morgan fingerprint density at radius 3 is 2.52 bits per heavy atom. The highest BCUT2D eigenvalue weighted by Crippen LogP contribution is 2.33. The smallest absolute Gasteiger partial charge is 0.341 e. The van der Waals surface area contributed by atoms with Crippen LogP contribution in [0.3, 0.4) is 0 Å². The van der Waals surface area contributed by atoms with Gasteiger partial charge >= 0.3 is 5.97 Å². The molecule has 3 amide bonds. The summed E-state index contributed by atoms with van der Waals surface area (Å²) in [6.45, 7) is 1.52. The van der Waals surface area contributed by atoms with Gasteiger partial charge in [0.1, 0.15) is 18.0 Å². The van der Waals surface area contributed by atoms with Gasteiger partial charge in [-0.3, -0.25) is 19.3 Å². The number of imide groups is 1. The number of carbonyl (C=O) groups is 4. The summed E-state index contributed by atoms with van der Waals surface area (Å²) in [6, 6.07) is 11.7. The molecule has 1 saturated heterocycles. The molecule has 0 spiro atoms. The van der Waals surface area contributed by atoms with Crippen LogP contribution in [0, 0.1) is 3.57 Å². The lowest BCUT2D eigenvalue weighted by Gasteiger charge is -2.12. The van der Waals surface area contributed by atoms with Crippen LogP contribution in [-0.2, 0) is 14.4 Å². The van der Waals surface area contributed by atoms with E-state index in [-0.39, 0.29) is 4.91 Å². The Labute approximate surface area is 207 Å². The number of rotatable bonds is 9. The van der Waals surface area contributed by atoms with Gasteiger partial charge in [0.05, 0.1) is 15.1 Å². The molecule has 0 unspecified atom stereocenters. The van der Waals surface area contributed by atoms with E-state index in [0.717, 1.165) is 16.7 Å². The molecule has 11 heteroatoms. The number of carbonyl (C=O) groups excluding carboxylic acids is 3. The van der Waals surface area contributed by atoms with Crippen molar-refractivity contribution in [1.29, 1.82) is 0 Å². The molecule has 1 heterocycles. The van der Waals surface area contributed by atoms with Crippen molar-refractivity contribution in [2.45, 2.75) is 6.92 Å². The number of aliphatic carboxylic acids is 1. The van der Waals surface area contributed by atoms with Crippen molar-refractivity contribution in [2.75, 3.05) is 25.1 Å². The molecule has 2 aromatic carbocycles. The number of hydrogen-bond acceptors (Lipinski definition) is 7. The summed E-state index contributed by atoms with van der Waals surface area (Å²) in [5.74, 6) is -1.09. The maximum Gasteiger partial charge on any atom is 0.341 e. The van der Waals surface area contributed by atoms with E-state index in [1.165, 1.54) is 0 Å². The van der Waals surface area contributed by atoms with Gasteiger partial charge < -0.3 is 19.9 Å². The van der Waals surface area contributed by atoms with Gasteiger partial charge in [-0.15, -0.1) is 0 Å². The van der Waals surface area contributed by atoms with Gasteiger partial charge in [-0.25, -0.2) is 4.79 Å². The summed E-state index contributed by atoms with van der Waals surface area (Å²) in [4.78, 5) is 49.1. The topological polar surface area (TPSA) is 122 Å². The number of nitrogens with zero attached hydrogens (tertiary/aromatic N) is 1. The first kappa shape index (κ1) is 24.6. The van der Waals surface area contributed by atoms with Gasteiger partial charge in [0.25, 0.3) is 11.1 Å². The summed E-state index contributed by atoms with van der Waals surface area (Å²) in [7, 11) is 0. The molecule has 172 valence electrons. The first-order valence-corrected chi connectivity index (χ1v) is 11.6. The molecule has 3 rings (SSSR count). The van der Waals surface area contributed by atoms with E-state index in [9.17, 15) is 19.2 Å². The lowest BCUT2D eigenvalue weighted by atomic mass is 10.2. The molecule has 1 aliphatic heterocycles. The number of halogens is 1. The second kappa shape index (κ2) is 11.2. The third kappa shape index (κ3) is 6.71. The standard InChI is InChI=1S/C22H19IN2O7S/c1-2-31-15-6-4-14(5-7-15)24-19(26)11-25-21(29)18(33-22(25)30)10-13-3-8-17(16(23)9-13)32-12-20(27)28/h3-10H,2,11-12H2,1H3,(H,24,26)(H,27,28)/b18-10+. The highest BCUT2D eigenvalue weighted by Gasteiger charge is 2.36.